The topological polar surface area (TPSA) is 39.7 Å². The van der Waals surface area contributed by atoms with Crippen LogP contribution in [0.4, 0.5) is 0 Å². The number of methoxy groups -OCH3 is 1. The molecule has 0 amide bonds. The average Bonchev–Trinajstić information content (AvgIpc) is 2.91. The maximum atomic E-state index is 6.23. The Bertz CT molecular complexity index is 394. The first-order chi connectivity index (χ1) is 9.29. The normalized spacial score (nSPS) is 18.7. The summed E-state index contributed by atoms with van der Waals surface area (Å²) in [7, 11) is 1.69. The maximum Gasteiger partial charge on any atom is 0.138 e. The molecule has 5 heteroatoms. The number of nitrogens with one attached hydrogen (secondary N) is 1. The summed E-state index contributed by atoms with van der Waals surface area (Å²) >= 11 is 6.23. The molecule has 0 aliphatic carbocycles. The van der Waals surface area contributed by atoms with Crippen molar-refractivity contribution >= 4 is 11.6 Å². The maximum absolute atomic E-state index is 6.23. The van der Waals surface area contributed by atoms with Crippen molar-refractivity contribution < 1.29 is 14.2 Å². The molecule has 1 aromatic rings. The van der Waals surface area contributed by atoms with Gasteiger partial charge in [-0.25, -0.2) is 0 Å². The highest BCUT2D eigenvalue weighted by atomic mass is 35.5. The molecule has 0 aromatic heterocycles. The Balaban J connectivity index is 1.85. The first-order valence-corrected chi connectivity index (χ1v) is 6.90. The zero-order valence-electron chi connectivity index (χ0n) is 11.2. The first-order valence-electron chi connectivity index (χ1n) is 6.52. The summed E-state index contributed by atoms with van der Waals surface area (Å²) in [4.78, 5) is 0. The Kier molecular flexibility index (Phi) is 5.92. The summed E-state index contributed by atoms with van der Waals surface area (Å²) in [5, 5.41) is 3.93. The summed E-state index contributed by atoms with van der Waals surface area (Å²) in [5.41, 5.74) is 1.14. The van der Waals surface area contributed by atoms with Gasteiger partial charge in [-0.1, -0.05) is 17.7 Å². The number of rotatable bonds is 7. The highest BCUT2D eigenvalue weighted by molar-refractivity contribution is 6.32. The molecule has 1 unspecified atom stereocenters. The molecule has 106 valence electrons. The summed E-state index contributed by atoms with van der Waals surface area (Å²) < 4.78 is 16.1. The highest BCUT2D eigenvalue weighted by Crippen LogP contribution is 2.27. The van der Waals surface area contributed by atoms with E-state index in [9.17, 15) is 0 Å². The first kappa shape index (κ1) is 14.6. The molecule has 0 radical (unpaired) electrons. The molecule has 19 heavy (non-hydrogen) atoms. The van der Waals surface area contributed by atoms with Crippen LogP contribution in [0.15, 0.2) is 18.2 Å². The van der Waals surface area contributed by atoms with Crippen molar-refractivity contribution in [2.24, 2.45) is 0 Å². The molecule has 0 bridgehead atoms. The van der Waals surface area contributed by atoms with Crippen LogP contribution in [0.5, 0.6) is 5.75 Å². The van der Waals surface area contributed by atoms with Crippen LogP contribution in [0, 0.1) is 0 Å². The lowest BCUT2D eigenvalue weighted by Gasteiger charge is -2.14. The van der Waals surface area contributed by atoms with E-state index in [1.807, 2.05) is 18.2 Å². The molecule has 1 aliphatic heterocycles. The molecule has 1 aliphatic rings. The van der Waals surface area contributed by atoms with Crippen LogP contribution in [0.1, 0.15) is 12.0 Å². The molecule has 1 saturated heterocycles. The Labute approximate surface area is 119 Å². The molecule has 0 saturated carbocycles. The fraction of sp³-hybridized carbons (Fsp3) is 0.571. The van der Waals surface area contributed by atoms with E-state index in [4.69, 9.17) is 25.8 Å². The van der Waals surface area contributed by atoms with Crippen LogP contribution in [0.25, 0.3) is 0 Å². The van der Waals surface area contributed by atoms with E-state index >= 15 is 0 Å². The van der Waals surface area contributed by atoms with Crippen LogP contribution >= 0.6 is 11.6 Å². The quantitative estimate of drug-likeness (QED) is 0.780. The third kappa shape index (κ3) is 4.66. The number of ether oxygens (including phenoxy) is 3. The van der Waals surface area contributed by atoms with Gasteiger partial charge < -0.3 is 19.5 Å². The minimum Gasteiger partial charge on any atom is -0.486 e. The third-order valence-electron chi connectivity index (χ3n) is 2.99. The van der Waals surface area contributed by atoms with Crippen molar-refractivity contribution in [2.75, 3.05) is 33.5 Å². The van der Waals surface area contributed by atoms with Gasteiger partial charge in [0.25, 0.3) is 0 Å². The van der Waals surface area contributed by atoms with Gasteiger partial charge in [0.2, 0.25) is 0 Å². The largest absolute Gasteiger partial charge is 0.486 e. The van der Waals surface area contributed by atoms with Gasteiger partial charge in [-0.05, 0) is 17.7 Å². The monoisotopic (exact) mass is 285 g/mol. The van der Waals surface area contributed by atoms with E-state index in [2.05, 4.69) is 5.32 Å². The van der Waals surface area contributed by atoms with Crippen LogP contribution in [0.2, 0.25) is 5.02 Å². The number of benzene rings is 1. The van der Waals surface area contributed by atoms with E-state index in [1.54, 1.807) is 7.11 Å². The number of hydrogen-bond acceptors (Lipinski definition) is 4. The van der Waals surface area contributed by atoms with Crippen molar-refractivity contribution in [1.82, 2.24) is 5.32 Å². The predicted molar refractivity (Wildman–Crippen MR) is 74.9 cm³/mol. The minimum atomic E-state index is 0.128. The molecule has 1 atom stereocenters. The van der Waals surface area contributed by atoms with E-state index in [0.29, 0.717) is 18.2 Å². The van der Waals surface area contributed by atoms with E-state index in [1.165, 1.54) is 0 Å². The second kappa shape index (κ2) is 7.70. The lowest BCUT2D eigenvalue weighted by atomic mass is 10.2. The molecule has 2 rings (SSSR count). The van der Waals surface area contributed by atoms with Crippen LogP contribution in [-0.4, -0.2) is 39.6 Å². The Morgan fingerprint density at radius 2 is 2.37 bits per heavy atom. The van der Waals surface area contributed by atoms with Crippen LogP contribution in [-0.2, 0) is 16.0 Å². The van der Waals surface area contributed by atoms with E-state index in [-0.39, 0.29) is 6.10 Å². The Hall–Kier alpha value is -0.810. The zero-order valence-corrected chi connectivity index (χ0v) is 11.9. The molecular weight excluding hydrogens is 266 g/mol. The fourth-order valence-corrected chi connectivity index (χ4v) is 2.19. The van der Waals surface area contributed by atoms with Crippen molar-refractivity contribution in [1.29, 1.82) is 0 Å². The summed E-state index contributed by atoms with van der Waals surface area (Å²) in [6.45, 7) is 3.72. The van der Waals surface area contributed by atoms with Crippen molar-refractivity contribution in [3.8, 4) is 5.75 Å². The van der Waals surface area contributed by atoms with Gasteiger partial charge in [-0.15, -0.1) is 0 Å². The zero-order chi connectivity index (χ0) is 13.5. The lowest BCUT2D eigenvalue weighted by molar-refractivity contribution is 0.141. The average molecular weight is 286 g/mol. The number of hydrogen-bond donors (Lipinski definition) is 1. The standard InChI is InChI=1S/C14H20ClNO3/c1-17-7-5-16-9-11-2-3-14(13(15)8-11)19-12-4-6-18-10-12/h2-3,8,12,16H,4-7,9-10H2,1H3. The van der Waals surface area contributed by atoms with Crippen molar-refractivity contribution in [2.45, 2.75) is 19.1 Å². The predicted octanol–water partition coefficient (Wildman–Crippen LogP) is 2.24. The molecule has 1 aromatic carbocycles. The Morgan fingerprint density at radius 1 is 1.47 bits per heavy atom. The van der Waals surface area contributed by atoms with Gasteiger partial charge in [-0.3, -0.25) is 0 Å². The van der Waals surface area contributed by atoms with Gasteiger partial charge in [0, 0.05) is 26.6 Å². The fourth-order valence-electron chi connectivity index (χ4n) is 1.94. The van der Waals surface area contributed by atoms with Crippen LogP contribution in [0.3, 0.4) is 0 Å². The number of halogens is 1. The third-order valence-corrected chi connectivity index (χ3v) is 3.29. The Morgan fingerprint density at radius 3 is 3.05 bits per heavy atom. The second-order valence-corrected chi connectivity index (χ2v) is 4.95. The molecule has 0 spiro atoms. The van der Waals surface area contributed by atoms with Crippen LogP contribution < -0.4 is 10.1 Å². The SMILES string of the molecule is COCCNCc1ccc(OC2CCOC2)c(Cl)c1. The van der Waals surface area contributed by atoms with Gasteiger partial charge >= 0.3 is 0 Å². The summed E-state index contributed by atoms with van der Waals surface area (Å²) in [6, 6.07) is 5.89. The van der Waals surface area contributed by atoms with E-state index in [0.717, 1.165) is 37.4 Å². The lowest BCUT2D eigenvalue weighted by Crippen LogP contribution is -2.18. The van der Waals surface area contributed by atoms with Gasteiger partial charge in [0.1, 0.15) is 11.9 Å². The van der Waals surface area contributed by atoms with Crippen molar-refractivity contribution in [3.63, 3.8) is 0 Å². The minimum absolute atomic E-state index is 0.128. The molecular formula is C14H20ClNO3. The molecule has 4 nitrogen and oxygen atoms in total. The van der Waals surface area contributed by atoms with Gasteiger partial charge in [0.05, 0.1) is 24.8 Å². The smallest absolute Gasteiger partial charge is 0.138 e. The molecule has 1 N–H and O–H groups in total. The second-order valence-electron chi connectivity index (χ2n) is 4.54. The molecule has 1 heterocycles. The summed E-state index contributed by atoms with van der Waals surface area (Å²) in [5.74, 6) is 0.734. The molecule has 1 fully saturated rings. The highest BCUT2D eigenvalue weighted by Gasteiger charge is 2.18. The van der Waals surface area contributed by atoms with Gasteiger partial charge in [-0.2, -0.15) is 0 Å². The van der Waals surface area contributed by atoms with Crippen molar-refractivity contribution in [3.05, 3.63) is 28.8 Å². The summed E-state index contributed by atoms with van der Waals surface area (Å²) in [6.07, 6.45) is 1.06. The van der Waals surface area contributed by atoms with E-state index < -0.39 is 0 Å². The van der Waals surface area contributed by atoms with Gasteiger partial charge in [0.15, 0.2) is 0 Å².